The third kappa shape index (κ3) is 1.71. The Bertz CT molecular complexity index is 590. The number of fused-ring (bicyclic) bond motifs is 1. The Morgan fingerprint density at radius 3 is 2.78 bits per heavy atom. The highest BCUT2D eigenvalue weighted by Gasteiger charge is 2.29. The van der Waals surface area contributed by atoms with Gasteiger partial charge in [0.15, 0.2) is 0 Å². The van der Waals surface area contributed by atoms with Crippen LogP contribution in [-0.2, 0) is 6.42 Å². The first-order valence-electron chi connectivity index (χ1n) is 6.33. The van der Waals surface area contributed by atoms with Gasteiger partial charge in [-0.15, -0.1) is 0 Å². The standard InChI is InChI=1S/C15H17N3/c1-9(16)14-8-17-15(18-10(14)2)13-7-11-5-3-4-6-12(11)13/h3-6,8-9,13H,7,16H2,1-2H3/t9-,13?/m0/s1. The summed E-state index contributed by atoms with van der Waals surface area (Å²) in [5.41, 5.74) is 10.7. The van der Waals surface area contributed by atoms with Gasteiger partial charge in [0, 0.05) is 29.4 Å². The van der Waals surface area contributed by atoms with E-state index < -0.39 is 0 Å². The van der Waals surface area contributed by atoms with Crippen molar-refractivity contribution in [3.8, 4) is 0 Å². The Morgan fingerprint density at radius 1 is 1.33 bits per heavy atom. The summed E-state index contributed by atoms with van der Waals surface area (Å²) in [6, 6.07) is 8.50. The van der Waals surface area contributed by atoms with Gasteiger partial charge in [-0.25, -0.2) is 9.97 Å². The normalized spacial score (nSPS) is 18.9. The second-order valence-electron chi connectivity index (χ2n) is 5.01. The molecule has 0 fully saturated rings. The molecule has 2 N–H and O–H groups in total. The lowest BCUT2D eigenvalue weighted by Gasteiger charge is -2.29. The molecular formula is C15H17N3. The van der Waals surface area contributed by atoms with Gasteiger partial charge >= 0.3 is 0 Å². The molecule has 3 heteroatoms. The van der Waals surface area contributed by atoms with Gasteiger partial charge in [-0.3, -0.25) is 0 Å². The zero-order valence-electron chi connectivity index (χ0n) is 10.7. The summed E-state index contributed by atoms with van der Waals surface area (Å²) in [5.74, 6) is 1.29. The van der Waals surface area contributed by atoms with Crippen molar-refractivity contribution < 1.29 is 0 Å². The van der Waals surface area contributed by atoms with Crippen LogP contribution < -0.4 is 5.73 Å². The van der Waals surface area contributed by atoms with Crippen molar-refractivity contribution in [3.63, 3.8) is 0 Å². The quantitative estimate of drug-likeness (QED) is 0.876. The fraction of sp³-hybridized carbons (Fsp3) is 0.333. The zero-order valence-corrected chi connectivity index (χ0v) is 10.7. The van der Waals surface area contributed by atoms with E-state index >= 15 is 0 Å². The topological polar surface area (TPSA) is 51.8 Å². The molecule has 1 aromatic carbocycles. The highest BCUT2D eigenvalue weighted by Crippen LogP contribution is 2.38. The number of aryl methyl sites for hydroxylation is 1. The van der Waals surface area contributed by atoms with Crippen molar-refractivity contribution in [2.45, 2.75) is 32.2 Å². The van der Waals surface area contributed by atoms with E-state index in [0.717, 1.165) is 23.5 Å². The van der Waals surface area contributed by atoms with Crippen molar-refractivity contribution in [1.82, 2.24) is 9.97 Å². The molecule has 2 atom stereocenters. The van der Waals surface area contributed by atoms with Gasteiger partial charge in [0.1, 0.15) is 5.82 Å². The van der Waals surface area contributed by atoms with Gasteiger partial charge in [0.2, 0.25) is 0 Å². The molecule has 18 heavy (non-hydrogen) atoms. The Balaban J connectivity index is 1.94. The molecule has 1 heterocycles. The monoisotopic (exact) mass is 239 g/mol. The molecule has 0 bridgehead atoms. The third-order valence-corrected chi connectivity index (χ3v) is 3.69. The molecule has 3 rings (SSSR count). The molecule has 1 unspecified atom stereocenters. The molecule has 0 saturated carbocycles. The van der Waals surface area contributed by atoms with Crippen molar-refractivity contribution >= 4 is 0 Å². The SMILES string of the molecule is Cc1nc(C2Cc3ccccc32)ncc1[C@H](C)N. The minimum Gasteiger partial charge on any atom is -0.324 e. The van der Waals surface area contributed by atoms with Crippen LogP contribution in [0.25, 0.3) is 0 Å². The number of nitrogens with zero attached hydrogens (tertiary/aromatic N) is 2. The van der Waals surface area contributed by atoms with Crippen LogP contribution in [0.2, 0.25) is 0 Å². The minimum atomic E-state index is -0.00673. The summed E-state index contributed by atoms with van der Waals surface area (Å²) in [4.78, 5) is 9.11. The van der Waals surface area contributed by atoms with Crippen LogP contribution in [0.15, 0.2) is 30.5 Å². The van der Waals surface area contributed by atoms with Crippen LogP contribution in [0, 0.1) is 6.92 Å². The van der Waals surface area contributed by atoms with Crippen LogP contribution in [0.1, 0.15) is 47.1 Å². The highest BCUT2D eigenvalue weighted by atomic mass is 14.9. The molecule has 92 valence electrons. The minimum absolute atomic E-state index is 0.00673. The maximum absolute atomic E-state index is 5.88. The Hall–Kier alpha value is -1.74. The molecule has 0 radical (unpaired) electrons. The molecule has 2 aromatic rings. The van der Waals surface area contributed by atoms with E-state index in [1.165, 1.54) is 11.1 Å². The lowest BCUT2D eigenvalue weighted by molar-refractivity contribution is 0.648. The average molecular weight is 239 g/mol. The summed E-state index contributed by atoms with van der Waals surface area (Å²) in [6.07, 6.45) is 2.93. The van der Waals surface area contributed by atoms with Crippen molar-refractivity contribution in [3.05, 3.63) is 58.7 Å². The molecule has 0 amide bonds. The fourth-order valence-electron chi connectivity index (χ4n) is 2.60. The van der Waals surface area contributed by atoms with Crippen molar-refractivity contribution in [2.24, 2.45) is 5.73 Å². The van der Waals surface area contributed by atoms with Crippen LogP contribution in [0.5, 0.6) is 0 Å². The maximum atomic E-state index is 5.88. The van der Waals surface area contributed by atoms with Crippen LogP contribution in [0.3, 0.4) is 0 Å². The van der Waals surface area contributed by atoms with E-state index in [1.807, 2.05) is 20.0 Å². The van der Waals surface area contributed by atoms with Crippen molar-refractivity contribution in [1.29, 1.82) is 0 Å². The van der Waals surface area contributed by atoms with E-state index in [0.29, 0.717) is 5.92 Å². The molecule has 1 aliphatic rings. The second-order valence-corrected chi connectivity index (χ2v) is 5.01. The van der Waals surface area contributed by atoms with E-state index in [9.17, 15) is 0 Å². The first-order valence-corrected chi connectivity index (χ1v) is 6.33. The first-order chi connectivity index (χ1) is 8.66. The van der Waals surface area contributed by atoms with E-state index in [4.69, 9.17) is 5.73 Å². The molecule has 1 aliphatic carbocycles. The number of aromatic nitrogens is 2. The van der Waals surface area contributed by atoms with Crippen molar-refractivity contribution in [2.75, 3.05) is 0 Å². The van der Waals surface area contributed by atoms with Gasteiger partial charge in [-0.2, -0.15) is 0 Å². The summed E-state index contributed by atoms with van der Waals surface area (Å²) in [5, 5.41) is 0. The van der Waals surface area contributed by atoms with Gasteiger partial charge < -0.3 is 5.73 Å². The van der Waals surface area contributed by atoms with E-state index in [-0.39, 0.29) is 6.04 Å². The smallest absolute Gasteiger partial charge is 0.136 e. The molecule has 0 saturated heterocycles. The van der Waals surface area contributed by atoms with Gasteiger partial charge in [-0.1, -0.05) is 24.3 Å². The highest BCUT2D eigenvalue weighted by molar-refractivity contribution is 5.44. The predicted molar refractivity (Wildman–Crippen MR) is 71.4 cm³/mol. The second kappa shape index (κ2) is 4.18. The van der Waals surface area contributed by atoms with E-state index in [1.54, 1.807) is 0 Å². The molecule has 1 aromatic heterocycles. The number of benzene rings is 1. The summed E-state index contributed by atoms with van der Waals surface area (Å²) in [7, 11) is 0. The largest absolute Gasteiger partial charge is 0.324 e. The average Bonchev–Trinajstić information content (AvgIpc) is 2.30. The molecule has 0 spiro atoms. The first kappa shape index (κ1) is 11.4. The Labute approximate surface area is 107 Å². The van der Waals surface area contributed by atoms with Gasteiger partial charge in [0.05, 0.1) is 0 Å². The zero-order chi connectivity index (χ0) is 12.7. The molecule has 0 aliphatic heterocycles. The van der Waals surface area contributed by atoms with Gasteiger partial charge in [0.25, 0.3) is 0 Å². The summed E-state index contributed by atoms with van der Waals surface area (Å²) < 4.78 is 0. The summed E-state index contributed by atoms with van der Waals surface area (Å²) >= 11 is 0. The Morgan fingerprint density at radius 2 is 2.11 bits per heavy atom. The number of rotatable bonds is 2. The number of hydrogen-bond donors (Lipinski definition) is 1. The van der Waals surface area contributed by atoms with Gasteiger partial charge in [-0.05, 0) is 31.4 Å². The van der Waals surface area contributed by atoms with Crippen LogP contribution >= 0.6 is 0 Å². The predicted octanol–water partition coefficient (Wildman–Crippen LogP) is 2.49. The molecule has 3 nitrogen and oxygen atoms in total. The third-order valence-electron chi connectivity index (χ3n) is 3.69. The lowest BCUT2D eigenvalue weighted by atomic mass is 9.77. The number of nitrogens with two attached hydrogens (primary N) is 1. The summed E-state index contributed by atoms with van der Waals surface area (Å²) in [6.45, 7) is 3.97. The van der Waals surface area contributed by atoms with Crippen LogP contribution in [0.4, 0.5) is 0 Å². The fourth-order valence-corrected chi connectivity index (χ4v) is 2.60. The lowest BCUT2D eigenvalue weighted by Crippen LogP contribution is -2.21. The maximum Gasteiger partial charge on any atom is 0.136 e. The number of hydrogen-bond acceptors (Lipinski definition) is 3. The Kier molecular flexibility index (Phi) is 2.63. The van der Waals surface area contributed by atoms with E-state index in [2.05, 4.69) is 34.2 Å². The van der Waals surface area contributed by atoms with Crippen LogP contribution in [-0.4, -0.2) is 9.97 Å². The molecular weight excluding hydrogens is 222 g/mol.